The first-order chi connectivity index (χ1) is 14.0. The summed E-state index contributed by atoms with van der Waals surface area (Å²) in [6, 6.07) is 13.0. The van der Waals surface area contributed by atoms with Crippen molar-refractivity contribution < 1.29 is 14.0 Å². The average Bonchev–Trinajstić information content (AvgIpc) is 2.72. The summed E-state index contributed by atoms with van der Waals surface area (Å²) in [6.45, 7) is 1.67. The lowest BCUT2D eigenvalue weighted by Crippen LogP contribution is -2.42. The fraction of sp³-hybridized carbons (Fsp3) is 0.364. The van der Waals surface area contributed by atoms with Gasteiger partial charge >= 0.3 is 6.03 Å². The Morgan fingerprint density at radius 2 is 2.00 bits per heavy atom. The monoisotopic (exact) mass is 417 g/mol. The predicted octanol–water partition coefficient (Wildman–Crippen LogP) is 4.82. The van der Waals surface area contributed by atoms with Crippen molar-refractivity contribution >= 4 is 29.2 Å². The molecular weight excluding hydrogens is 393 g/mol. The number of halogens is 2. The van der Waals surface area contributed by atoms with Crippen LogP contribution in [0.3, 0.4) is 0 Å². The summed E-state index contributed by atoms with van der Waals surface area (Å²) in [5, 5.41) is 6.28. The van der Waals surface area contributed by atoms with E-state index in [0.29, 0.717) is 36.8 Å². The van der Waals surface area contributed by atoms with Crippen LogP contribution >= 0.6 is 11.6 Å². The molecule has 0 aromatic heterocycles. The Kier molecular flexibility index (Phi) is 7.47. The Bertz CT molecular complexity index is 861. The molecule has 0 unspecified atom stereocenters. The molecule has 3 rings (SSSR count). The van der Waals surface area contributed by atoms with Crippen molar-refractivity contribution in [2.24, 2.45) is 5.92 Å². The molecule has 2 aromatic carbocycles. The number of amides is 3. The van der Waals surface area contributed by atoms with Crippen molar-refractivity contribution in [1.29, 1.82) is 0 Å². The molecule has 2 N–H and O–H groups in total. The van der Waals surface area contributed by atoms with Crippen LogP contribution in [0.4, 0.5) is 14.9 Å². The minimum Gasteiger partial charge on any atom is -0.352 e. The van der Waals surface area contributed by atoms with Crippen molar-refractivity contribution in [3.63, 3.8) is 0 Å². The van der Waals surface area contributed by atoms with Crippen LogP contribution in [0.5, 0.6) is 0 Å². The molecule has 0 aliphatic carbocycles. The van der Waals surface area contributed by atoms with Gasteiger partial charge in [0.1, 0.15) is 5.82 Å². The van der Waals surface area contributed by atoms with Crippen molar-refractivity contribution in [2.75, 3.05) is 18.4 Å². The number of nitrogens with zero attached hydrogens (tertiary/aromatic N) is 1. The summed E-state index contributed by atoms with van der Waals surface area (Å²) in [7, 11) is 0. The van der Waals surface area contributed by atoms with Crippen LogP contribution in [-0.4, -0.2) is 29.9 Å². The van der Waals surface area contributed by atoms with E-state index in [2.05, 4.69) is 10.6 Å². The quantitative estimate of drug-likeness (QED) is 0.707. The van der Waals surface area contributed by atoms with Crippen LogP contribution in [-0.2, 0) is 11.3 Å². The van der Waals surface area contributed by atoms with Gasteiger partial charge in [-0.05, 0) is 55.0 Å². The number of carbonyl (C=O) groups is 2. The normalized spacial score (nSPS) is 16.3. The van der Waals surface area contributed by atoms with Gasteiger partial charge in [-0.25, -0.2) is 9.18 Å². The van der Waals surface area contributed by atoms with E-state index < -0.39 is 0 Å². The summed E-state index contributed by atoms with van der Waals surface area (Å²) >= 11 is 6.10. The SMILES string of the molecule is O=C(CC[C@H]1CCCN(C(=O)Nc2cccc(F)c2)C1)NCc1ccccc1Cl. The highest BCUT2D eigenvalue weighted by Crippen LogP contribution is 2.22. The first kappa shape index (κ1) is 21.1. The summed E-state index contributed by atoms with van der Waals surface area (Å²) in [5.74, 6) is -0.138. The highest BCUT2D eigenvalue weighted by Gasteiger charge is 2.24. The van der Waals surface area contributed by atoms with Gasteiger partial charge in [0.15, 0.2) is 0 Å². The topological polar surface area (TPSA) is 61.4 Å². The van der Waals surface area contributed by atoms with Crippen molar-refractivity contribution in [2.45, 2.75) is 32.2 Å². The Labute approximate surface area is 175 Å². The van der Waals surface area contributed by atoms with Gasteiger partial charge in [0, 0.05) is 36.8 Å². The summed E-state index contributed by atoms with van der Waals surface area (Å²) in [6.07, 6.45) is 3.01. The molecule has 0 radical (unpaired) electrons. The van der Waals surface area contributed by atoms with Gasteiger partial charge in [-0.2, -0.15) is 0 Å². The van der Waals surface area contributed by atoms with Gasteiger partial charge in [0.2, 0.25) is 5.91 Å². The minimum atomic E-state index is -0.387. The molecule has 1 heterocycles. The summed E-state index contributed by atoms with van der Waals surface area (Å²) in [4.78, 5) is 26.4. The summed E-state index contributed by atoms with van der Waals surface area (Å²) in [5.41, 5.74) is 1.33. The molecule has 0 saturated carbocycles. The van der Waals surface area contributed by atoms with E-state index in [0.717, 1.165) is 24.8 Å². The molecule has 0 bridgehead atoms. The number of urea groups is 1. The molecule has 1 atom stereocenters. The third-order valence-corrected chi connectivity index (χ3v) is 5.46. The van der Waals surface area contributed by atoms with Crippen LogP contribution in [0.1, 0.15) is 31.2 Å². The number of benzene rings is 2. The maximum Gasteiger partial charge on any atom is 0.321 e. The van der Waals surface area contributed by atoms with Gasteiger partial charge < -0.3 is 15.5 Å². The van der Waals surface area contributed by atoms with Gasteiger partial charge in [-0.3, -0.25) is 4.79 Å². The second kappa shape index (κ2) is 10.3. The number of likely N-dealkylation sites (tertiary alicyclic amines) is 1. The van der Waals surface area contributed by atoms with Crippen molar-refractivity contribution in [1.82, 2.24) is 10.2 Å². The molecule has 3 amide bonds. The van der Waals surface area contributed by atoms with E-state index >= 15 is 0 Å². The Hall–Kier alpha value is -2.60. The third kappa shape index (κ3) is 6.46. The number of nitrogens with one attached hydrogen (secondary N) is 2. The lowest BCUT2D eigenvalue weighted by atomic mass is 9.93. The third-order valence-electron chi connectivity index (χ3n) is 5.10. The zero-order valence-electron chi connectivity index (χ0n) is 16.2. The van der Waals surface area contributed by atoms with Gasteiger partial charge in [-0.15, -0.1) is 0 Å². The molecule has 1 fully saturated rings. The minimum absolute atomic E-state index is 0.0220. The smallest absolute Gasteiger partial charge is 0.321 e. The fourth-order valence-corrected chi connectivity index (χ4v) is 3.72. The largest absolute Gasteiger partial charge is 0.352 e. The predicted molar refractivity (Wildman–Crippen MR) is 112 cm³/mol. The zero-order chi connectivity index (χ0) is 20.6. The van der Waals surface area contributed by atoms with E-state index in [4.69, 9.17) is 11.6 Å². The Balaban J connectivity index is 1.42. The van der Waals surface area contributed by atoms with Crippen LogP contribution in [0.25, 0.3) is 0 Å². The highest BCUT2D eigenvalue weighted by atomic mass is 35.5. The average molecular weight is 418 g/mol. The fourth-order valence-electron chi connectivity index (χ4n) is 3.51. The first-order valence-electron chi connectivity index (χ1n) is 9.83. The van der Waals surface area contributed by atoms with E-state index in [1.165, 1.54) is 12.1 Å². The van der Waals surface area contributed by atoms with Crippen LogP contribution in [0, 0.1) is 11.7 Å². The lowest BCUT2D eigenvalue weighted by molar-refractivity contribution is -0.121. The molecule has 29 heavy (non-hydrogen) atoms. The molecule has 0 spiro atoms. The second-order valence-corrected chi connectivity index (χ2v) is 7.71. The van der Waals surface area contributed by atoms with E-state index in [9.17, 15) is 14.0 Å². The van der Waals surface area contributed by atoms with Crippen LogP contribution < -0.4 is 10.6 Å². The Morgan fingerprint density at radius 3 is 2.79 bits per heavy atom. The number of anilines is 1. The Morgan fingerprint density at radius 1 is 1.17 bits per heavy atom. The first-order valence-corrected chi connectivity index (χ1v) is 10.2. The maximum absolute atomic E-state index is 13.3. The second-order valence-electron chi connectivity index (χ2n) is 7.30. The highest BCUT2D eigenvalue weighted by molar-refractivity contribution is 6.31. The van der Waals surface area contributed by atoms with Crippen LogP contribution in [0.15, 0.2) is 48.5 Å². The number of hydrogen-bond acceptors (Lipinski definition) is 2. The van der Waals surface area contributed by atoms with Gasteiger partial charge in [0.05, 0.1) is 0 Å². The van der Waals surface area contributed by atoms with Crippen molar-refractivity contribution in [3.8, 4) is 0 Å². The van der Waals surface area contributed by atoms with Gasteiger partial charge in [-0.1, -0.05) is 35.9 Å². The van der Waals surface area contributed by atoms with Crippen LogP contribution in [0.2, 0.25) is 5.02 Å². The molecule has 5 nitrogen and oxygen atoms in total. The van der Waals surface area contributed by atoms with Gasteiger partial charge in [0.25, 0.3) is 0 Å². The summed E-state index contributed by atoms with van der Waals surface area (Å²) < 4.78 is 13.3. The molecule has 2 aromatic rings. The van der Waals surface area contributed by atoms with E-state index in [1.54, 1.807) is 23.1 Å². The van der Waals surface area contributed by atoms with E-state index in [1.807, 2.05) is 18.2 Å². The number of carbonyl (C=O) groups excluding carboxylic acids is 2. The van der Waals surface area contributed by atoms with Crippen molar-refractivity contribution in [3.05, 3.63) is 64.9 Å². The molecular formula is C22H25ClFN3O2. The molecule has 1 aliphatic heterocycles. The van der Waals surface area contributed by atoms with E-state index in [-0.39, 0.29) is 23.7 Å². The zero-order valence-corrected chi connectivity index (χ0v) is 16.9. The molecule has 154 valence electrons. The number of rotatable bonds is 6. The molecule has 1 aliphatic rings. The number of hydrogen-bond donors (Lipinski definition) is 2. The standard InChI is InChI=1S/C22H25ClFN3O2/c23-20-9-2-1-6-17(20)14-25-21(28)11-10-16-5-4-12-27(15-16)22(29)26-19-8-3-7-18(24)13-19/h1-3,6-9,13,16H,4-5,10-12,14-15H2,(H,25,28)(H,26,29)/t16-/m1/s1. The molecule has 7 heteroatoms. The maximum atomic E-state index is 13.3. The number of piperidine rings is 1. The lowest BCUT2D eigenvalue weighted by Gasteiger charge is -2.32. The molecule has 1 saturated heterocycles.